The van der Waals surface area contributed by atoms with Gasteiger partial charge in [0.2, 0.25) is 0 Å². The Hall–Kier alpha value is -2.91. The number of methoxy groups -OCH3 is 2. The van der Waals surface area contributed by atoms with Crippen molar-refractivity contribution in [1.29, 1.82) is 0 Å². The molecule has 7 nitrogen and oxygen atoms in total. The van der Waals surface area contributed by atoms with E-state index in [1.54, 1.807) is 26.4 Å². The third-order valence-electron chi connectivity index (χ3n) is 6.17. The number of rotatable bonds is 9. The van der Waals surface area contributed by atoms with E-state index in [0.29, 0.717) is 5.75 Å². The van der Waals surface area contributed by atoms with Gasteiger partial charge in [-0.25, -0.2) is 0 Å². The first kappa shape index (κ1) is 25.2. The Balaban J connectivity index is 1.28. The summed E-state index contributed by atoms with van der Waals surface area (Å²) in [5.41, 5.74) is 3.08. The fraction of sp³-hybridized carbons (Fsp3) is 0.333. The van der Waals surface area contributed by atoms with E-state index in [9.17, 15) is 8.42 Å². The van der Waals surface area contributed by atoms with Gasteiger partial charge in [0.15, 0.2) is 0 Å². The average molecular weight is 497 g/mol. The van der Waals surface area contributed by atoms with Gasteiger partial charge in [0.25, 0.3) is 0 Å². The van der Waals surface area contributed by atoms with Crippen LogP contribution in [0.15, 0.2) is 83.8 Å². The number of ether oxygens (including phenoxy) is 2. The van der Waals surface area contributed by atoms with Crippen LogP contribution in [0.2, 0.25) is 0 Å². The van der Waals surface area contributed by atoms with E-state index in [-0.39, 0.29) is 12.2 Å². The molecule has 8 heteroatoms. The molecule has 1 fully saturated rings. The zero-order chi connectivity index (χ0) is 24.7. The molecular weight excluding hydrogens is 464 g/mol. The van der Waals surface area contributed by atoms with Crippen molar-refractivity contribution < 1.29 is 22.1 Å². The smallest absolute Gasteiger partial charge is 0.332 e. The van der Waals surface area contributed by atoms with E-state index >= 15 is 0 Å². The predicted molar refractivity (Wildman–Crippen MR) is 139 cm³/mol. The molecule has 2 aromatic carbocycles. The van der Waals surface area contributed by atoms with Crippen LogP contribution in [0.3, 0.4) is 0 Å². The van der Waals surface area contributed by atoms with Crippen LogP contribution < -0.4 is 9.08 Å². The summed E-state index contributed by atoms with van der Waals surface area (Å²) in [7, 11) is -0.433. The molecule has 2 aromatic rings. The van der Waals surface area contributed by atoms with Gasteiger partial charge in [-0.1, -0.05) is 42.5 Å². The normalized spacial score (nSPS) is 21.3. The molecule has 2 atom stereocenters. The summed E-state index contributed by atoms with van der Waals surface area (Å²) in [6.45, 7) is 4.54. The number of piperazine rings is 1. The predicted octanol–water partition coefficient (Wildman–Crippen LogP) is 3.71. The topological polar surface area (TPSA) is 68.3 Å². The highest BCUT2D eigenvalue weighted by atomic mass is 32.2. The van der Waals surface area contributed by atoms with Crippen molar-refractivity contribution in [1.82, 2.24) is 4.90 Å². The minimum absolute atomic E-state index is 0.0394. The summed E-state index contributed by atoms with van der Waals surface area (Å²) in [4.78, 5) is 4.73. The summed E-state index contributed by atoms with van der Waals surface area (Å²) in [5, 5.41) is 1.08. The van der Waals surface area contributed by atoms with Crippen molar-refractivity contribution in [2.75, 3.05) is 51.8 Å². The third-order valence-corrected chi connectivity index (χ3v) is 7.06. The Morgan fingerprint density at radius 2 is 1.60 bits per heavy atom. The second-order valence-electron chi connectivity index (χ2n) is 8.55. The van der Waals surface area contributed by atoms with Gasteiger partial charge in [-0.05, 0) is 47.6 Å². The third kappa shape index (κ3) is 7.05. The number of benzene rings is 2. The van der Waals surface area contributed by atoms with Crippen LogP contribution in [0.25, 0.3) is 6.08 Å². The molecule has 0 radical (unpaired) electrons. The number of nitrogens with zero attached hydrogens (tertiary/aromatic N) is 2. The van der Waals surface area contributed by atoms with Crippen molar-refractivity contribution in [2.24, 2.45) is 0 Å². The fourth-order valence-corrected chi connectivity index (χ4v) is 4.99. The van der Waals surface area contributed by atoms with E-state index in [1.165, 1.54) is 11.6 Å². The van der Waals surface area contributed by atoms with Crippen molar-refractivity contribution in [3.05, 3.63) is 89.4 Å². The lowest BCUT2D eigenvalue weighted by atomic mass is 10.0. The van der Waals surface area contributed by atoms with Crippen molar-refractivity contribution in [2.45, 2.75) is 12.2 Å². The van der Waals surface area contributed by atoms with Crippen LogP contribution >= 0.6 is 0 Å². The highest BCUT2D eigenvalue weighted by molar-refractivity contribution is 7.90. The molecule has 1 aliphatic carbocycles. The molecule has 0 aromatic heterocycles. The molecular formula is C27H32N2O5S. The van der Waals surface area contributed by atoms with Crippen LogP contribution in [0.4, 0.5) is 5.69 Å². The summed E-state index contributed by atoms with van der Waals surface area (Å²) in [5.74, 6) is 0.295. The zero-order valence-electron chi connectivity index (χ0n) is 20.1. The average Bonchev–Trinajstić information content (AvgIpc) is 2.89. The molecule has 0 amide bonds. The summed E-state index contributed by atoms with van der Waals surface area (Å²) >= 11 is 0. The molecule has 0 spiro atoms. The molecule has 2 aliphatic rings. The zero-order valence-corrected chi connectivity index (χ0v) is 20.9. The quantitative estimate of drug-likeness (QED) is 0.490. The maximum absolute atomic E-state index is 12.3. The molecule has 4 rings (SSSR count). The van der Waals surface area contributed by atoms with Gasteiger partial charge < -0.3 is 18.6 Å². The van der Waals surface area contributed by atoms with Gasteiger partial charge >= 0.3 is 10.1 Å². The standard InChI is InChI=1S/C27H32N2O5S/c1-32-26-13-8-23(20-27(26)33-2)21-28-15-17-29(18-16-28)24-9-11-25(12-10-24)34-35(30,31)19-14-22-6-4-3-5-7-22/h3-14,19-20,26-27H,15-18,21H2,1-2H3/b19-14+. The summed E-state index contributed by atoms with van der Waals surface area (Å²) in [6, 6.07) is 16.4. The van der Waals surface area contributed by atoms with Gasteiger partial charge in [0, 0.05) is 52.6 Å². The highest BCUT2D eigenvalue weighted by Crippen LogP contribution is 2.23. The summed E-state index contributed by atoms with van der Waals surface area (Å²) < 4.78 is 40.8. The minimum atomic E-state index is -3.83. The van der Waals surface area contributed by atoms with E-state index in [1.807, 2.05) is 42.5 Å². The maximum Gasteiger partial charge on any atom is 0.332 e. The number of anilines is 1. The first-order valence-electron chi connectivity index (χ1n) is 11.7. The minimum Gasteiger partial charge on any atom is -0.379 e. The maximum atomic E-state index is 12.3. The van der Waals surface area contributed by atoms with Crippen LogP contribution in [0.1, 0.15) is 5.56 Å². The molecule has 0 bridgehead atoms. The van der Waals surface area contributed by atoms with Gasteiger partial charge in [-0.15, -0.1) is 0 Å². The first-order valence-corrected chi connectivity index (χ1v) is 13.1. The molecule has 2 unspecified atom stereocenters. The van der Waals surface area contributed by atoms with Crippen LogP contribution in [0, 0.1) is 0 Å². The van der Waals surface area contributed by atoms with E-state index in [2.05, 4.69) is 28.0 Å². The van der Waals surface area contributed by atoms with E-state index in [0.717, 1.165) is 49.4 Å². The molecule has 1 heterocycles. The van der Waals surface area contributed by atoms with Crippen molar-refractivity contribution in [3.63, 3.8) is 0 Å². The van der Waals surface area contributed by atoms with Gasteiger partial charge in [-0.3, -0.25) is 4.90 Å². The molecule has 0 N–H and O–H groups in total. The Labute approximate surface area is 208 Å². The van der Waals surface area contributed by atoms with Crippen LogP contribution in [-0.4, -0.2) is 72.5 Å². The SMILES string of the molecule is COC1C=CC(CN2CCN(c3ccc(OS(=O)(=O)/C=C/c4ccccc4)cc3)CC2)=CC1OC. The largest absolute Gasteiger partial charge is 0.379 e. The lowest BCUT2D eigenvalue weighted by molar-refractivity contribution is 0.0131. The number of hydrogen-bond acceptors (Lipinski definition) is 7. The van der Waals surface area contributed by atoms with Crippen molar-refractivity contribution >= 4 is 21.9 Å². The summed E-state index contributed by atoms with van der Waals surface area (Å²) in [6.07, 6.45) is 7.75. The van der Waals surface area contributed by atoms with E-state index in [4.69, 9.17) is 13.7 Å². The van der Waals surface area contributed by atoms with Gasteiger partial charge in [-0.2, -0.15) is 8.42 Å². The Morgan fingerprint density at radius 1 is 0.914 bits per heavy atom. The fourth-order valence-electron chi connectivity index (χ4n) is 4.23. The number of hydrogen-bond donors (Lipinski definition) is 0. The Morgan fingerprint density at radius 3 is 2.26 bits per heavy atom. The lowest BCUT2D eigenvalue weighted by Crippen LogP contribution is -2.47. The second kappa shape index (κ2) is 11.7. The Bertz CT molecular complexity index is 1150. The van der Waals surface area contributed by atoms with Gasteiger partial charge in [0.1, 0.15) is 18.0 Å². The van der Waals surface area contributed by atoms with Crippen LogP contribution in [-0.2, 0) is 19.6 Å². The molecule has 186 valence electrons. The van der Waals surface area contributed by atoms with Crippen molar-refractivity contribution in [3.8, 4) is 5.75 Å². The van der Waals surface area contributed by atoms with Gasteiger partial charge in [0.05, 0.1) is 5.41 Å². The molecule has 0 saturated carbocycles. The van der Waals surface area contributed by atoms with E-state index < -0.39 is 10.1 Å². The Kier molecular flexibility index (Phi) is 8.41. The van der Waals surface area contributed by atoms with Crippen LogP contribution in [0.5, 0.6) is 5.75 Å². The highest BCUT2D eigenvalue weighted by Gasteiger charge is 2.23. The molecule has 35 heavy (non-hydrogen) atoms. The second-order valence-corrected chi connectivity index (χ2v) is 9.97. The monoisotopic (exact) mass is 496 g/mol. The lowest BCUT2D eigenvalue weighted by Gasteiger charge is -2.37. The molecule has 1 saturated heterocycles. The molecule has 1 aliphatic heterocycles. The first-order chi connectivity index (χ1) is 17.0.